The van der Waals surface area contributed by atoms with E-state index < -0.39 is 5.82 Å². The Kier molecular flexibility index (Phi) is 5.85. The zero-order valence-corrected chi connectivity index (χ0v) is 16.9. The summed E-state index contributed by atoms with van der Waals surface area (Å²) in [5.41, 5.74) is 1.15. The second-order valence-electron chi connectivity index (χ2n) is 7.38. The van der Waals surface area contributed by atoms with Gasteiger partial charge in [0.25, 0.3) is 5.91 Å². The van der Waals surface area contributed by atoms with Crippen LogP contribution in [-0.2, 0) is 0 Å². The fourth-order valence-electron chi connectivity index (χ4n) is 3.65. The van der Waals surface area contributed by atoms with Crippen molar-refractivity contribution in [2.24, 2.45) is 0 Å². The third-order valence-electron chi connectivity index (χ3n) is 5.27. The maximum absolute atomic E-state index is 14.0. The van der Waals surface area contributed by atoms with Crippen molar-refractivity contribution in [3.63, 3.8) is 0 Å². The lowest BCUT2D eigenvalue weighted by molar-refractivity contribution is 0.0373. The van der Waals surface area contributed by atoms with Crippen molar-refractivity contribution in [2.75, 3.05) is 6.54 Å². The Bertz CT molecular complexity index is 1130. The molecule has 1 fully saturated rings. The van der Waals surface area contributed by atoms with Gasteiger partial charge in [-0.1, -0.05) is 0 Å². The van der Waals surface area contributed by atoms with E-state index in [1.54, 1.807) is 35.5 Å². The van der Waals surface area contributed by atoms with Gasteiger partial charge in [0.2, 0.25) is 5.88 Å². The first kappa shape index (κ1) is 20.4. The van der Waals surface area contributed by atoms with Gasteiger partial charge in [0, 0.05) is 36.3 Å². The number of amides is 1. The molecule has 31 heavy (non-hydrogen) atoms. The van der Waals surface area contributed by atoms with Crippen molar-refractivity contribution in [1.82, 2.24) is 19.9 Å². The topological polar surface area (TPSA) is 92.0 Å². The summed E-state index contributed by atoms with van der Waals surface area (Å²) in [5, 5.41) is 9.06. The van der Waals surface area contributed by atoms with Gasteiger partial charge in [-0.3, -0.25) is 4.79 Å². The predicted molar refractivity (Wildman–Crippen MR) is 111 cm³/mol. The summed E-state index contributed by atoms with van der Waals surface area (Å²) in [6, 6.07) is 10.9. The molecule has 0 bridgehead atoms. The highest BCUT2D eigenvalue weighted by Crippen LogP contribution is 2.27. The minimum Gasteiger partial charge on any atom is -0.472 e. The summed E-state index contributed by atoms with van der Waals surface area (Å²) in [6.07, 6.45) is 5.86. The van der Waals surface area contributed by atoms with E-state index in [2.05, 4.69) is 21.0 Å². The number of rotatable bonds is 4. The van der Waals surface area contributed by atoms with Gasteiger partial charge in [-0.05, 0) is 50.1 Å². The number of hydrogen-bond donors (Lipinski definition) is 0. The van der Waals surface area contributed by atoms with Crippen LogP contribution in [0.15, 0.2) is 55.0 Å². The minimum absolute atomic E-state index is 0.0136. The number of pyridine rings is 1. The number of aromatic nitrogens is 3. The molecule has 1 aromatic carbocycles. The van der Waals surface area contributed by atoms with Gasteiger partial charge in [0.1, 0.15) is 11.9 Å². The number of carbonyl (C=O) groups is 1. The number of carbonyl (C=O) groups excluding carboxylic acids is 1. The molecular formula is C23H20FN5O2. The van der Waals surface area contributed by atoms with E-state index in [1.165, 1.54) is 24.4 Å². The maximum atomic E-state index is 14.0. The molecule has 3 aromatic rings. The first-order chi connectivity index (χ1) is 15.0. The zero-order valence-electron chi connectivity index (χ0n) is 16.9. The van der Waals surface area contributed by atoms with Crippen LogP contribution in [0.1, 0.15) is 35.7 Å². The molecule has 8 heteroatoms. The van der Waals surface area contributed by atoms with Crippen molar-refractivity contribution >= 4 is 5.91 Å². The highest BCUT2D eigenvalue weighted by Gasteiger charge is 2.32. The van der Waals surface area contributed by atoms with E-state index in [4.69, 9.17) is 10.00 Å². The number of likely N-dealkylation sites (tertiary alicyclic amines) is 1. The molecule has 7 nitrogen and oxygen atoms in total. The number of benzene rings is 1. The van der Waals surface area contributed by atoms with Crippen LogP contribution in [0.25, 0.3) is 11.4 Å². The summed E-state index contributed by atoms with van der Waals surface area (Å²) >= 11 is 0. The molecular weight excluding hydrogens is 397 g/mol. The Labute approximate surface area is 179 Å². The molecule has 1 aliphatic heterocycles. The van der Waals surface area contributed by atoms with Gasteiger partial charge in [-0.15, -0.1) is 0 Å². The van der Waals surface area contributed by atoms with Crippen LogP contribution in [-0.4, -0.2) is 44.4 Å². The SMILES string of the molecule is CC1CCC(Oc2cc(C#N)ccn2)CN1C(=O)c1ccc(F)cc1-c1ncccn1. The van der Waals surface area contributed by atoms with Crippen LogP contribution in [0.2, 0.25) is 0 Å². The molecule has 1 amide bonds. The molecule has 2 unspecified atom stereocenters. The number of piperidine rings is 1. The predicted octanol–water partition coefficient (Wildman–Crippen LogP) is 3.62. The molecule has 0 N–H and O–H groups in total. The van der Waals surface area contributed by atoms with E-state index in [-0.39, 0.29) is 18.1 Å². The van der Waals surface area contributed by atoms with Crippen LogP contribution < -0.4 is 4.74 Å². The second kappa shape index (κ2) is 8.88. The second-order valence-corrected chi connectivity index (χ2v) is 7.38. The van der Waals surface area contributed by atoms with E-state index in [0.717, 1.165) is 12.8 Å². The third kappa shape index (κ3) is 4.51. The quantitative estimate of drug-likeness (QED) is 0.644. The molecule has 2 atom stereocenters. The Morgan fingerprint density at radius 2 is 1.97 bits per heavy atom. The molecule has 0 radical (unpaired) electrons. The molecule has 4 rings (SSSR count). The average molecular weight is 417 g/mol. The van der Waals surface area contributed by atoms with E-state index >= 15 is 0 Å². The third-order valence-corrected chi connectivity index (χ3v) is 5.27. The van der Waals surface area contributed by atoms with E-state index in [9.17, 15) is 9.18 Å². The Hall–Kier alpha value is -3.86. The van der Waals surface area contributed by atoms with Gasteiger partial charge in [-0.2, -0.15) is 5.26 Å². The standard InChI is InChI=1S/C23H20FN5O2/c1-15-3-5-18(31-21-11-16(13-25)7-10-26-21)14-29(15)23(30)19-6-4-17(24)12-20(19)22-27-8-2-9-28-22/h2,4,6-12,15,18H,3,5,14H2,1H3. The van der Waals surface area contributed by atoms with Crippen molar-refractivity contribution < 1.29 is 13.9 Å². The summed E-state index contributed by atoms with van der Waals surface area (Å²) in [7, 11) is 0. The van der Waals surface area contributed by atoms with Gasteiger partial charge in [0.05, 0.1) is 23.7 Å². The number of halogens is 1. The molecule has 1 saturated heterocycles. The van der Waals surface area contributed by atoms with Crippen LogP contribution in [0, 0.1) is 17.1 Å². The lowest BCUT2D eigenvalue weighted by Crippen LogP contribution is -2.49. The number of nitriles is 1. The van der Waals surface area contributed by atoms with Crippen molar-refractivity contribution in [1.29, 1.82) is 5.26 Å². The van der Waals surface area contributed by atoms with Crippen molar-refractivity contribution in [3.05, 3.63) is 71.9 Å². The van der Waals surface area contributed by atoms with Crippen LogP contribution in [0.5, 0.6) is 5.88 Å². The van der Waals surface area contributed by atoms with Gasteiger partial charge in [0.15, 0.2) is 5.82 Å². The van der Waals surface area contributed by atoms with Crippen LogP contribution in [0.4, 0.5) is 4.39 Å². The minimum atomic E-state index is -0.463. The van der Waals surface area contributed by atoms with Crippen LogP contribution >= 0.6 is 0 Å². The first-order valence-corrected chi connectivity index (χ1v) is 9.96. The Morgan fingerprint density at radius 1 is 1.16 bits per heavy atom. The molecule has 0 aliphatic carbocycles. The van der Waals surface area contributed by atoms with Crippen LogP contribution in [0.3, 0.4) is 0 Å². The first-order valence-electron chi connectivity index (χ1n) is 9.96. The van der Waals surface area contributed by atoms with Crippen molar-refractivity contribution in [3.8, 4) is 23.3 Å². The van der Waals surface area contributed by atoms with E-state index in [1.807, 2.05) is 6.92 Å². The van der Waals surface area contributed by atoms with E-state index in [0.29, 0.717) is 34.9 Å². The lowest BCUT2D eigenvalue weighted by Gasteiger charge is -2.38. The lowest BCUT2D eigenvalue weighted by atomic mass is 9.98. The zero-order chi connectivity index (χ0) is 21.8. The molecule has 3 heterocycles. The summed E-state index contributed by atoms with van der Waals surface area (Å²) in [5.74, 6) is -0.0520. The largest absolute Gasteiger partial charge is 0.472 e. The molecule has 156 valence electrons. The van der Waals surface area contributed by atoms with Gasteiger partial charge >= 0.3 is 0 Å². The molecule has 0 spiro atoms. The van der Waals surface area contributed by atoms with Gasteiger partial charge in [-0.25, -0.2) is 19.3 Å². The summed E-state index contributed by atoms with van der Waals surface area (Å²) < 4.78 is 19.9. The average Bonchev–Trinajstić information content (AvgIpc) is 2.80. The number of ether oxygens (including phenoxy) is 1. The molecule has 1 aliphatic rings. The van der Waals surface area contributed by atoms with Crippen molar-refractivity contribution in [2.45, 2.75) is 31.9 Å². The number of hydrogen-bond acceptors (Lipinski definition) is 6. The Morgan fingerprint density at radius 3 is 2.74 bits per heavy atom. The Balaban J connectivity index is 1.58. The molecule has 2 aromatic heterocycles. The summed E-state index contributed by atoms with van der Waals surface area (Å²) in [6.45, 7) is 2.33. The smallest absolute Gasteiger partial charge is 0.254 e. The molecule has 0 saturated carbocycles. The monoisotopic (exact) mass is 417 g/mol. The fraction of sp³-hybridized carbons (Fsp3) is 0.261. The fourth-order valence-corrected chi connectivity index (χ4v) is 3.65. The highest BCUT2D eigenvalue weighted by atomic mass is 19.1. The van der Waals surface area contributed by atoms with Gasteiger partial charge < -0.3 is 9.64 Å². The normalized spacial score (nSPS) is 18.3. The number of nitrogens with zero attached hydrogens (tertiary/aromatic N) is 5. The highest BCUT2D eigenvalue weighted by molar-refractivity contribution is 6.00. The maximum Gasteiger partial charge on any atom is 0.254 e. The summed E-state index contributed by atoms with van der Waals surface area (Å²) in [4.78, 5) is 27.7.